The van der Waals surface area contributed by atoms with Crippen LogP contribution in [0.3, 0.4) is 0 Å². The lowest BCUT2D eigenvalue weighted by molar-refractivity contribution is -0.119. The summed E-state index contributed by atoms with van der Waals surface area (Å²) in [7, 11) is 1.63. The number of imidazole rings is 1. The number of benzene rings is 2. The van der Waals surface area contributed by atoms with Crippen LogP contribution in [0.5, 0.6) is 0 Å². The molecule has 0 radical (unpaired) electrons. The van der Waals surface area contributed by atoms with Crippen molar-refractivity contribution in [1.29, 1.82) is 0 Å². The zero-order valence-electron chi connectivity index (χ0n) is 15.2. The molecule has 0 fully saturated rings. The summed E-state index contributed by atoms with van der Waals surface area (Å²) in [6.07, 6.45) is 0. The number of hydrogen-bond acceptors (Lipinski definition) is 4. The lowest BCUT2D eigenvalue weighted by Gasteiger charge is -2.13. The first-order chi connectivity index (χ1) is 12.6. The van der Waals surface area contributed by atoms with Gasteiger partial charge in [-0.1, -0.05) is 41.6 Å². The first-order valence-electron chi connectivity index (χ1n) is 8.54. The van der Waals surface area contributed by atoms with Crippen LogP contribution >= 0.6 is 11.8 Å². The van der Waals surface area contributed by atoms with E-state index in [1.54, 1.807) is 7.11 Å². The van der Waals surface area contributed by atoms with E-state index in [4.69, 9.17) is 9.72 Å². The van der Waals surface area contributed by atoms with Crippen molar-refractivity contribution in [3.8, 4) is 5.69 Å². The Labute approximate surface area is 157 Å². The molecule has 6 heteroatoms. The van der Waals surface area contributed by atoms with E-state index in [1.807, 2.05) is 31.2 Å². The van der Waals surface area contributed by atoms with Crippen molar-refractivity contribution in [2.45, 2.75) is 25.0 Å². The van der Waals surface area contributed by atoms with Crippen molar-refractivity contribution in [2.75, 3.05) is 19.5 Å². The van der Waals surface area contributed by atoms with Gasteiger partial charge in [-0.25, -0.2) is 4.98 Å². The number of amides is 1. The Bertz CT molecular complexity index is 890. The van der Waals surface area contributed by atoms with E-state index in [9.17, 15) is 4.79 Å². The van der Waals surface area contributed by atoms with Crippen molar-refractivity contribution in [1.82, 2.24) is 14.9 Å². The minimum absolute atomic E-state index is 0.0102. The topological polar surface area (TPSA) is 56.1 Å². The fourth-order valence-electron chi connectivity index (χ4n) is 2.78. The summed E-state index contributed by atoms with van der Waals surface area (Å²) in [5.41, 5.74) is 4.20. The highest BCUT2D eigenvalue weighted by atomic mass is 32.2. The summed E-state index contributed by atoms with van der Waals surface area (Å²) in [4.78, 5) is 16.9. The van der Waals surface area contributed by atoms with Gasteiger partial charge >= 0.3 is 0 Å². The lowest BCUT2D eigenvalue weighted by Crippen LogP contribution is -2.36. The number of aryl methyl sites for hydroxylation is 1. The normalized spacial score (nSPS) is 12.3. The van der Waals surface area contributed by atoms with Crippen molar-refractivity contribution >= 4 is 28.7 Å². The standard InChI is InChI=1S/C20H23N3O2S/c1-14-8-10-16(11-9-14)23-18-7-5-4-6-17(18)22-20(23)26-13-19(24)21-15(2)12-25-3/h4-11,15H,12-13H2,1-3H3,(H,21,24)/t15-/m0/s1. The first-order valence-corrected chi connectivity index (χ1v) is 9.52. The highest BCUT2D eigenvalue weighted by Gasteiger charge is 2.15. The van der Waals surface area contributed by atoms with Crippen LogP contribution in [-0.4, -0.2) is 41.0 Å². The van der Waals surface area contributed by atoms with Gasteiger partial charge in [-0.05, 0) is 38.1 Å². The molecular weight excluding hydrogens is 346 g/mol. The molecule has 3 aromatic rings. The Morgan fingerprint density at radius 1 is 1.23 bits per heavy atom. The molecular formula is C20H23N3O2S. The Balaban J connectivity index is 1.85. The quantitative estimate of drug-likeness (QED) is 0.647. The third kappa shape index (κ3) is 4.26. The molecule has 0 aliphatic rings. The van der Waals surface area contributed by atoms with Gasteiger partial charge in [0, 0.05) is 18.8 Å². The second kappa shape index (κ2) is 8.38. The van der Waals surface area contributed by atoms with Crippen molar-refractivity contribution in [3.05, 3.63) is 54.1 Å². The third-order valence-corrected chi connectivity index (χ3v) is 4.92. The third-order valence-electron chi connectivity index (χ3n) is 3.98. The molecule has 2 aromatic carbocycles. The number of fused-ring (bicyclic) bond motifs is 1. The number of hydrogen-bond donors (Lipinski definition) is 1. The maximum Gasteiger partial charge on any atom is 0.230 e. The fraction of sp³-hybridized carbons (Fsp3) is 0.300. The summed E-state index contributed by atoms with van der Waals surface area (Å²) >= 11 is 1.44. The van der Waals surface area contributed by atoms with Gasteiger partial charge in [0.15, 0.2) is 5.16 Å². The van der Waals surface area contributed by atoms with Crippen LogP contribution in [0.1, 0.15) is 12.5 Å². The van der Waals surface area contributed by atoms with E-state index in [1.165, 1.54) is 17.3 Å². The van der Waals surface area contributed by atoms with E-state index < -0.39 is 0 Å². The molecule has 0 aliphatic heterocycles. The van der Waals surface area contributed by atoms with E-state index in [0.717, 1.165) is 21.9 Å². The van der Waals surface area contributed by atoms with Crippen LogP contribution < -0.4 is 5.32 Å². The number of ether oxygens (including phenoxy) is 1. The van der Waals surface area contributed by atoms with Gasteiger partial charge in [-0.3, -0.25) is 9.36 Å². The Kier molecular flexibility index (Phi) is 5.96. The largest absolute Gasteiger partial charge is 0.383 e. The molecule has 1 amide bonds. The minimum Gasteiger partial charge on any atom is -0.383 e. The van der Waals surface area contributed by atoms with Crippen LogP contribution in [-0.2, 0) is 9.53 Å². The van der Waals surface area contributed by atoms with Gasteiger partial charge in [0.05, 0.1) is 23.4 Å². The molecule has 5 nitrogen and oxygen atoms in total. The maximum absolute atomic E-state index is 12.2. The number of nitrogens with zero attached hydrogens (tertiary/aromatic N) is 2. The van der Waals surface area contributed by atoms with Gasteiger partial charge in [0.25, 0.3) is 0 Å². The SMILES string of the molecule is COC[C@H](C)NC(=O)CSc1nc2ccccc2n1-c1ccc(C)cc1. The maximum atomic E-state index is 12.2. The number of methoxy groups -OCH3 is 1. The fourth-order valence-corrected chi connectivity index (χ4v) is 3.62. The van der Waals surface area contributed by atoms with E-state index in [2.05, 4.69) is 41.1 Å². The summed E-state index contributed by atoms with van der Waals surface area (Å²) in [6, 6.07) is 16.3. The zero-order chi connectivity index (χ0) is 18.5. The summed E-state index contributed by atoms with van der Waals surface area (Å²) in [6.45, 7) is 4.49. The number of aromatic nitrogens is 2. The molecule has 1 N–H and O–H groups in total. The number of carbonyl (C=O) groups excluding carboxylic acids is 1. The number of carbonyl (C=O) groups is 1. The number of para-hydroxylation sites is 2. The predicted molar refractivity (Wildman–Crippen MR) is 106 cm³/mol. The monoisotopic (exact) mass is 369 g/mol. The average Bonchev–Trinajstić information content (AvgIpc) is 2.99. The zero-order valence-corrected chi connectivity index (χ0v) is 16.0. The molecule has 0 bridgehead atoms. The van der Waals surface area contributed by atoms with Gasteiger partial charge in [-0.15, -0.1) is 0 Å². The molecule has 136 valence electrons. The highest BCUT2D eigenvalue weighted by molar-refractivity contribution is 7.99. The van der Waals surface area contributed by atoms with Gasteiger partial charge in [0.2, 0.25) is 5.91 Å². The number of rotatable bonds is 7. The smallest absolute Gasteiger partial charge is 0.230 e. The van der Waals surface area contributed by atoms with Gasteiger partial charge < -0.3 is 10.1 Å². The Hall–Kier alpha value is -2.31. The van der Waals surface area contributed by atoms with Crippen molar-refractivity contribution in [2.24, 2.45) is 0 Å². The van der Waals surface area contributed by atoms with E-state index >= 15 is 0 Å². The number of nitrogens with one attached hydrogen (secondary N) is 1. The molecule has 0 spiro atoms. The van der Waals surface area contributed by atoms with Gasteiger partial charge in [-0.2, -0.15) is 0 Å². The second-order valence-electron chi connectivity index (χ2n) is 6.27. The molecule has 0 unspecified atom stereocenters. The van der Waals surface area contributed by atoms with Gasteiger partial charge in [0.1, 0.15) is 0 Å². The van der Waals surface area contributed by atoms with Crippen LogP contribution in [0.2, 0.25) is 0 Å². The molecule has 1 heterocycles. The molecule has 26 heavy (non-hydrogen) atoms. The molecule has 1 atom stereocenters. The second-order valence-corrected chi connectivity index (χ2v) is 7.21. The van der Waals surface area contributed by atoms with E-state index in [0.29, 0.717) is 12.4 Å². The average molecular weight is 369 g/mol. The van der Waals surface area contributed by atoms with Crippen LogP contribution in [0.4, 0.5) is 0 Å². The van der Waals surface area contributed by atoms with Crippen LogP contribution in [0.25, 0.3) is 16.7 Å². The molecule has 0 saturated carbocycles. The van der Waals surface area contributed by atoms with Crippen molar-refractivity contribution < 1.29 is 9.53 Å². The van der Waals surface area contributed by atoms with E-state index in [-0.39, 0.29) is 11.9 Å². The molecule has 0 aliphatic carbocycles. The van der Waals surface area contributed by atoms with Crippen LogP contribution in [0.15, 0.2) is 53.7 Å². The molecule has 1 aromatic heterocycles. The van der Waals surface area contributed by atoms with Crippen molar-refractivity contribution in [3.63, 3.8) is 0 Å². The molecule has 0 saturated heterocycles. The number of thioether (sulfide) groups is 1. The van der Waals surface area contributed by atoms with Crippen LogP contribution in [0, 0.1) is 6.92 Å². The summed E-state index contributed by atoms with van der Waals surface area (Å²) in [5.74, 6) is 0.283. The first kappa shape index (κ1) is 18.5. The Morgan fingerprint density at radius 3 is 2.69 bits per heavy atom. The highest BCUT2D eigenvalue weighted by Crippen LogP contribution is 2.28. The predicted octanol–water partition coefficient (Wildman–Crippen LogP) is 3.58. The summed E-state index contributed by atoms with van der Waals surface area (Å²) < 4.78 is 7.16. The molecule has 3 rings (SSSR count). The Morgan fingerprint density at radius 2 is 1.96 bits per heavy atom. The lowest BCUT2D eigenvalue weighted by atomic mass is 10.2. The minimum atomic E-state index is -0.0259. The summed E-state index contributed by atoms with van der Waals surface area (Å²) in [5, 5.41) is 3.74.